The standard InChI is InChI=1S/C8H13N3O4S/c12-4-6(13)5-16-2-1-11-3-7(8(14)15)9-10-11/h3,6,12-13H,1-2,4-5H2,(H,14,15). The van der Waals surface area contributed by atoms with Crippen LogP contribution in [0, 0.1) is 0 Å². The van der Waals surface area contributed by atoms with Crippen LogP contribution in [-0.4, -0.2) is 60.5 Å². The van der Waals surface area contributed by atoms with Crippen molar-refractivity contribution in [2.24, 2.45) is 0 Å². The van der Waals surface area contributed by atoms with Crippen LogP contribution in [0.2, 0.25) is 0 Å². The SMILES string of the molecule is O=C(O)c1cn(CCSCC(O)CO)nn1. The van der Waals surface area contributed by atoms with Gasteiger partial charge in [-0.1, -0.05) is 5.21 Å². The van der Waals surface area contributed by atoms with Gasteiger partial charge < -0.3 is 15.3 Å². The number of aromatic carboxylic acids is 1. The van der Waals surface area contributed by atoms with Crippen LogP contribution in [0.25, 0.3) is 0 Å². The van der Waals surface area contributed by atoms with E-state index in [0.29, 0.717) is 18.1 Å². The Morgan fingerprint density at radius 1 is 1.62 bits per heavy atom. The summed E-state index contributed by atoms with van der Waals surface area (Å²) in [6.07, 6.45) is 0.640. The molecule has 1 rings (SSSR count). The Hall–Kier alpha value is -1.12. The maximum atomic E-state index is 10.5. The van der Waals surface area contributed by atoms with E-state index in [1.807, 2.05) is 0 Å². The summed E-state index contributed by atoms with van der Waals surface area (Å²) in [5, 5.41) is 33.3. The number of aryl methyl sites for hydroxylation is 1. The second-order valence-corrected chi connectivity index (χ2v) is 4.23. The second kappa shape index (κ2) is 6.46. The molecule has 1 heterocycles. The lowest BCUT2D eigenvalue weighted by Gasteiger charge is -2.05. The van der Waals surface area contributed by atoms with E-state index < -0.39 is 12.1 Å². The van der Waals surface area contributed by atoms with E-state index >= 15 is 0 Å². The number of aliphatic hydroxyl groups excluding tert-OH is 2. The first-order valence-corrected chi connectivity index (χ1v) is 5.79. The first-order chi connectivity index (χ1) is 7.63. The number of aromatic nitrogens is 3. The number of aliphatic hydroxyl groups is 2. The fourth-order valence-corrected chi connectivity index (χ4v) is 1.80. The molecule has 0 saturated carbocycles. The Balaban J connectivity index is 2.24. The van der Waals surface area contributed by atoms with E-state index in [1.165, 1.54) is 22.6 Å². The lowest BCUT2D eigenvalue weighted by atomic mass is 10.4. The van der Waals surface area contributed by atoms with Crippen molar-refractivity contribution in [3.63, 3.8) is 0 Å². The number of hydrogen-bond donors (Lipinski definition) is 3. The molecule has 8 heteroatoms. The summed E-state index contributed by atoms with van der Waals surface area (Å²) < 4.78 is 1.43. The molecule has 1 aromatic heterocycles. The smallest absolute Gasteiger partial charge is 0.358 e. The third kappa shape index (κ3) is 4.17. The van der Waals surface area contributed by atoms with E-state index in [0.717, 1.165) is 0 Å². The lowest BCUT2D eigenvalue weighted by molar-refractivity contribution is 0.0690. The van der Waals surface area contributed by atoms with Gasteiger partial charge >= 0.3 is 5.97 Å². The van der Waals surface area contributed by atoms with Gasteiger partial charge in [0.05, 0.1) is 25.5 Å². The van der Waals surface area contributed by atoms with Crippen molar-refractivity contribution in [1.29, 1.82) is 0 Å². The van der Waals surface area contributed by atoms with Gasteiger partial charge in [-0.15, -0.1) is 5.10 Å². The van der Waals surface area contributed by atoms with E-state index in [1.54, 1.807) is 0 Å². The molecule has 0 aromatic carbocycles. The van der Waals surface area contributed by atoms with Gasteiger partial charge in [-0.25, -0.2) is 4.79 Å². The Morgan fingerprint density at radius 2 is 2.38 bits per heavy atom. The zero-order chi connectivity index (χ0) is 12.0. The summed E-state index contributed by atoms with van der Waals surface area (Å²) in [5.41, 5.74) is -0.0830. The van der Waals surface area contributed by atoms with Crippen molar-refractivity contribution in [3.8, 4) is 0 Å². The molecule has 1 unspecified atom stereocenters. The fraction of sp³-hybridized carbons (Fsp3) is 0.625. The van der Waals surface area contributed by atoms with Crippen LogP contribution in [0.3, 0.4) is 0 Å². The van der Waals surface area contributed by atoms with Crippen molar-refractivity contribution in [1.82, 2.24) is 15.0 Å². The number of carboxylic acids is 1. The minimum Gasteiger partial charge on any atom is -0.476 e. The predicted molar refractivity (Wildman–Crippen MR) is 57.4 cm³/mol. The summed E-state index contributed by atoms with van der Waals surface area (Å²) in [7, 11) is 0. The molecule has 0 aliphatic carbocycles. The number of nitrogens with zero attached hydrogens (tertiary/aromatic N) is 3. The topological polar surface area (TPSA) is 108 Å². The molecule has 0 saturated heterocycles. The average molecular weight is 247 g/mol. The van der Waals surface area contributed by atoms with E-state index in [4.69, 9.17) is 15.3 Å². The molecule has 0 amide bonds. The Bertz CT molecular complexity index is 344. The highest BCUT2D eigenvalue weighted by atomic mass is 32.2. The molecule has 3 N–H and O–H groups in total. The highest BCUT2D eigenvalue weighted by molar-refractivity contribution is 7.99. The molecule has 0 radical (unpaired) electrons. The van der Waals surface area contributed by atoms with Gasteiger partial charge in [-0.2, -0.15) is 11.8 Å². The Kier molecular flexibility index (Phi) is 5.23. The van der Waals surface area contributed by atoms with Gasteiger partial charge in [-0.3, -0.25) is 4.68 Å². The zero-order valence-electron chi connectivity index (χ0n) is 8.48. The molecule has 0 aliphatic rings. The van der Waals surface area contributed by atoms with Crippen molar-refractivity contribution in [2.75, 3.05) is 18.1 Å². The maximum Gasteiger partial charge on any atom is 0.358 e. The van der Waals surface area contributed by atoms with E-state index in [2.05, 4.69) is 10.3 Å². The Morgan fingerprint density at radius 3 is 2.94 bits per heavy atom. The number of carboxylic acid groups (broad SMARTS) is 1. The lowest BCUT2D eigenvalue weighted by Crippen LogP contribution is -2.15. The van der Waals surface area contributed by atoms with Crippen molar-refractivity contribution in [2.45, 2.75) is 12.6 Å². The number of rotatable bonds is 7. The molecule has 0 bridgehead atoms. The van der Waals surface area contributed by atoms with Crippen LogP contribution in [0.1, 0.15) is 10.5 Å². The fourth-order valence-electron chi connectivity index (χ4n) is 0.936. The number of hydrogen-bond acceptors (Lipinski definition) is 6. The summed E-state index contributed by atoms with van der Waals surface area (Å²) in [5.74, 6) is 0.00539. The minimum atomic E-state index is -1.10. The molecular formula is C8H13N3O4S. The van der Waals surface area contributed by atoms with E-state index in [9.17, 15) is 4.79 Å². The number of thioether (sulfide) groups is 1. The normalized spacial score (nSPS) is 12.6. The largest absolute Gasteiger partial charge is 0.476 e. The first kappa shape index (κ1) is 12.9. The molecule has 16 heavy (non-hydrogen) atoms. The van der Waals surface area contributed by atoms with Gasteiger partial charge in [0.2, 0.25) is 0 Å². The van der Waals surface area contributed by atoms with Crippen LogP contribution in [0.5, 0.6) is 0 Å². The van der Waals surface area contributed by atoms with Gasteiger partial charge in [0.15, 0.2) is 5.69 Å². The third-order valence-electron chi connectivity index (χ3n) is 1.74. The van der Waals surface area contributed by atoms with Crippen molar-refractivity contribution in [3.05, 3.63) is 11.9 Å². The van der Waals surface area contributed by atoms with Gasteiger partial charge in [0.1, 0.15) is 0 Å². The average Bonchev–Trinajstić information content (AvgIpc) is 2.72. The molecule has 0 spiro atoms. The highest BCUT2D eigenvalue weighted by Gasteiger charge is 2.08. The van der Waals surface area contributed by atoms with Gasteiger partial charge in [0.25, 0.3) is 0 Å². The Labute approximate surface area is 96.1 Å². The molecule has 0 aliphatic heterocycles. The summed E-state index contributed by atoms with van der Waals surface area (Å²) in [6.45, 7) is 0.266. The summed E-state index contributed by atoms with van der Waals surface area (Å²) in [6, 6.07) is 0. The van der Waals surface area contributed by atoms with Gasteiger partial charge in [-0.05, 0) is 0 Å². The van der Waals surface area contributed by atoms with Crippen LogP contribution in [0.15, 0.2) is 6.20 Å². The summed E-state index contributed by atoms with van der Waals surface area (Å²) in [4.78, 5) is 10.5. The molecular weight excluding hydrogens is 234 g/mol. The van der Waals surface area contributed by atoms with Crippen molar-refractivity contribution >= 4 is 17.7 Å². The van der Waals surface area contributed by atoms with Crippen LogP contribution in [-0.2, 0) is 6.54 Å². The predicted octanol–water partition coefficient (Wildman–Crippen LogP) is -0.937. The molecule has 1 atom stereocenters. The van der Waals surface area contributed by atoms with Crippen LogP contribution in [0.4, 0.5) is 0 Å². The van der Waals surface area contributed by atoms with E-state index in [-0.39, 0.29) is 12.3 Å². The maximum absolute atomic E-state index is 10.5. The molecule has 0 fully saturated rings. The quantitative estimate of drug-likeness (QED) is 0.534. The van der Waals surface area contributed by atoms with Crippen LogP contribution < -0.4 is 0 Å². The minimum absolute atomic E-state index is 0.0830. The van der Waals surface area contributed by atoms with Crippen LogP contribution >= 0.6 is 11.8 Å². The highest BCUT2D eigenvalue weighted by Crippen LogP contribution is 2.04. The number of carbonyl (C=O) groups is 1. The molecule has 1 aromatic rings. The summed E-state index contributed by atoms with van der Waals surface area (Å²) >= 11 is 1.45. The zero-order valence-corrected chi connectivity index (χ0v) is 9.30. The monoisotopic (exact) mass is 247 g/mol. The van der Waals surface area contributed by atoms with Crippen molar-refractivity contribution < 1.29 is 20.1 Å². The second-order valence-electron chi connectivity index (χ2n) is 3.08. The third-order valence-corrected chi connectivity index (χ3v) is 2.84. The first-order valence-electron chi connectivity index (χ1n) is 4.63. The van der Waals surface area contributed by atoms with Gasteiger partial charge in [0, 0.05) is 11.5 Å². The molecule has 90 valence electrons. The molecule has 7 nitrogen and oxygen atoms in total.